The topological polar surface area (TPSA) is 69.7 Å². The van der Waals surface area contributed by atoms with Gasteiger partial charge in [-0.2, -0.15) is 0 Å². The minimum absolute atomic E-state index is 0.0254. The summed E-state index contributed by atoms with van der Waals surface area (Å²) in [6, 6.07) is 11.9. The van der Waals surface area contributed by atoms with Gasteiger partial charge in [0, 0.05) is 54.9 Å². The number of benzene rings is 2. The van der Waals surface area contributed by atoms with E-state index in [0.29, 0.717) is 48.0 Å². The molecule has 3 rings (SSSR count). The molecule has 0 aliphatic carbocycles. The lowest BCUT2D eigenvalue weighted by atomic mass is 10.1. The molecule has 3 amide bonds. The van der Waals surface area contributed by atoms with Crippen LogP contribution in [0, 0.1) is 6.92 Å². The Morgan fingerprint density at radius 1 is 0.893 bits per heavy atom. The lowest BCUT2D eigenvalue weighted by molar-refractivity contribution is -0.130. The van der Waals surface area contributed by atoms with Crippen molar-refractivity contribution in [2.45, 2.75) is 13.8 Å². The Balaban J connectivity index is 1.64. The number of halogens is 1. The molecule has 2 aromatic carbocycles. The minimum Gasteiger partial charge on any atom is -0.339 e. The lowest BCUT2D eigenvalue weighted by Crippen LogP contribution is -2.50. The maximum absolute atomic E-state index is 12.6. The van der Waals surface area contributed by atoms with Crippen LogP contribution in [0.5, 0.6) is 0 Å². The number of nitrogens with zero attached hydrogens (tertiary/aromatic N) is 2. The van der Waals surface area contributed by atoms with E-state index in [0.717, 1.165) is 5.56 Å². The zero-order chi connectivity index (χ0) is 20.3. The van der Waals surface area contributed by atoms with Gasteiger partial charge in [0.05, 0.1) is 0 Å². The van der Waals surface area contributed by atoms with Gasteiger partial charge < -0.3 is 15.1 Å². The number of hydrogen-bond donors (Lipinski definition) is 1. The van der Waals surface area contributed by atoms with E-state index >= 15 is 0 Å². The van der Waals surface area contributed by atoms with E-state index < -0.39 is 0 Å². The first-order chi connectivity index (χ1) is 13.3. The summed E-state index contributed by atoms with van der Waals surface area (Å²) in [6.07, 6.45) is 0. The summed E-state index contributed by atoms with van der Waals surface area (Å²) in [7, 11) is 0. The molecule has 1 N–H and O–H groups in total. The monoisotopic (exact) mass is 399 g/mol. The van der Waals surface area contributed by atoms with Crippen LogP contribution in [0.3, 0.4) is 0 Å². The van der Waals surface area contributed by atoms with Crippen molar-refractivity contribution in [3.63, 3.8) is 0 Å². The summed E-state index contributed by atoms with van der Waals surface area (Å²) in [5.41, 5.74) is 2.54. The molecule has 0 unspecified atom stereocenters. The van der Waals surface area contributed by atoms with Crippen molar-refractivity contribution in [1.29, 1.82) is 0 Å². The van der Waals surface area contributed by atoms with Crippen LogP contribution in [0.25, 0.3) is 0 Å². The smallest absolute Gasteiger partial charge is 0.255 e. The van der Waals surface area contributed by atoms with Crippen LogP contribution in [-0.4, -0.2) is 53.7 Å². The number of aryl methyl sites for hydroxylation is 1. The molecule has 2 aromatic rings. The zero-order valence-electron chi connectivity index (χ0n) is 15.9. The van der Waals surface area contributed by atoms with Crippen molar-refractivity contribution in [3.8, 4) is 0 Å². The van der Waals surface area contributed by atoms with Crippen LogP contribution in [0.1, 0.15) is 33.2 Å². The summed E-state index contributed by atoms with van der Waals surface area (Å²) in [5.74, 6) is -0.335. The molecule has 1 aliphatic heterocycles. The molecule has 6 nitrogen and oxygen atoms in total. The quantitative estimate of drug-likeness (QED) is 0.861. The van der Waals surface area contributed by atoms with E-state index in [2.05, 4.69) is 5.32 Å². The molecule has 1 heterocycles. The van der Waals surface area contributed by atoms with Crippen molar-refractivity contribution in [1.82, 2.24) is 9.80 Å². The SMILES string of the molecule is CC(=O)N1CCN(C(=O)c2ccc(C(=O)Nc3cc(Cl)ccc3C)cc2)CC1. The molecule has 1 aliphatic rings. The standard InChI is InChI=1S/C21H22ClN3O3/c1-14-3-8-18(22)13-19(14)23-20(27)16-4-6-17(7-5-16)21(28)25-11-9-24(10-12-25)15(2)26/h3-8,13H,9-12H2,1-2H3,(H,23,27). The molecule has 0 radical (unpaired) electrons. The maximum Gasteiger partial charge on any atom is 0.255 e. The molecule has 0 aromatic heterocycles. The summed E-state index contributed by atoms with van der Waals surface area (Å²) in [5, 5.41) is 3.39. The number of amides is 3. The van der Waals surface area contributed by atoms with Crippen LogP contribution in [0.2, 0.25) is 5.02 Å². The predicted octanol–water partition coefficient (Wildman–Crippen LogP) is 3.21. The number of carbonyl (C=O) groups excluding carboxylic acids is 3. The Bertz CT molecular complexity index is 904. The van der Waals surface area contributed by atoms with Gasteiger partial charge in [0.15, 0.2) is 0 Å². The van der Waals surface area contributed by atoms with Gasteiger partial charge in [-0.1, -0.05) is 17.7 Å². The Kier molecular flexibility index (Phi) is 5.99. The van der Waals surface area contributed by atoms with Gasteiger partial charge in [-0.15, -0.1) is 0 Å². The molecule has 0 saturated carbocycles. The fourth-order valence-corrected chi connectivity index (χ4v) is 3.27. The van der Waals surface area contributed by atoms with Gasteiger partial charge in [-0.25, -0.2) is 0 Å². The molecular weight excluding hydrogens is 378 g/mol. The highest BCUT2D eigenvalue weighted by Crippen LogP contribution is 2.21. The Morgan fingerprint density at radius 3 is 2.07 bits per heavy atom. The van der Waals surface area contributed by atoms with Crippen LogP contribution in [0.4, 0.5) is 5.69 Å². The molecule has 7 heteroatoms. The van der Waals surface area contributed by atoms with E-state index in [1.807, 2.05) is 13.0 Å². The van der Waals surface area contributed by atoms with Gasteiger partial charge in [0.1, 0.15) is 0 Å². The predicted molar refractivity (Wildman–Crippen MR) is 109 cm³/mol. The van der Waals surface area contributed by atoms with Crippen molar-refractivity contribution in [2.75, 3.05) is 31.5 Å². The number of nitrogens with one attached hydrogen (secondary N) is 1. The normalized spacial score (nSPS) is 14.0. The van der Waals surface area contributed by atoms with E-state index in [4.69, 9.17) is 11.6 Å². The average molecular weight is 400 g/mol. The van der Waals surface area contributed by atoms with Gasteiger partial charge in [0.25, 0.3) is 11.8 Å². The Hall–Kier alpha value is -2.86. The molecule has 146 valence electrons. The van der Waals surface area contributed by atoms with Crippen molar-refractivity contribution in [3.05, 3.63) is 64.2 Å². The highest BCUT2D eigenvalue weighted by molar-refractivity contribution is 6.31. The lowest BCUT2D eigenvalue weighted by Gasteiger charge is -2.34. The molecular formula is C21H22ClN3O3. The Morgan fingerprint density at radius 2 is 1.46 bits per heavy atom. The number of anilines is 1. The highest BCUT2D eigenvalue weighted by Gasteiger charge is 2.23. The van der Waals surface area contributed by atoms with Crippen LogP contribution < -0.4 is 5.32 Å². The highest BCUT2D eigenvalue weighted by atomic mass is 35.5. The van der Waals surface area contributed by atoms with Crippen molar-refractivity contribution >= 4 is 35.0 Å². The number of hydrogen-bond acceptors (Lipinski definition) is 3. The molecule has 1 saturated heterocycles. The van der Waals surface area contributed by atoms with Gasteiger partial charge >= 0.3 is 0 Å². The Labute approximate surface area is 169 Å². The van der Waals surface area contributed by atoms with Crippen LogP contribution in [0.15, 0.2) is 42.5 Å². The summed E-state index contributed by atoms with van der Waals surface area (Å²) in [4.78, 5) is 40.0. The van der Waals surface area contributed by atoms with Crippen molar-refractivity contribution in [2.24, 2.45) is 0 Å². The summed E-state index contributed by atoms with van der Waals surface area (Å²) >= 11 is 5.99. The third-order valence-electron chi connectivity index (χ3n) is 4.85. The zero-order valence-corrected chi connectivity index (χ0v) is 16.6. The fourth-order valence-electron chi connectivity index (χ4n) is 3.09. The van der Waals surface area contributed by atoms with Gasteiger partial charge in [0.2, 0.25) is 5.91 Å². The average Bonchev–Trinajstić information content (AvgIpc) is 2.70. The second kappa shape index (κ2) is 8.44. The number of carbonyl (C=O) groups is 3. The second-order valence-electron chi connectivity index (χ2n) is 6.79. The van der Waals surface area contributed by atoms with Gasteiger partial charge in [-0.3, -0.25) is 14.4 Å². The molecule has 1 fully saturated rings. The van der Waals surface area contributed by atoms with E-state index in [-0.39, 0.29) is 17.7 Å². The van der Waals surface area contributed by atoms with E-state index in [9.17, 15) is 14.4 Å². The first-order valence-corrected chi connectivity index (χ1v) is 9.45. The summed E-state index contributed by atoms with van der Waals surface area (Å²) < 4.78 is 0. The molecule has 0 spiro atoms. The van der Waals surface area contributed by atoms with E-state index in [1.165, 1.54) is 6.92 Å². The van der Waals surface area contributed by atoms with Crippen LogP contribution >= 0.6 is 11.6 Å². The molecule has 0 bridgehead atoms. The molecule has 28 heavy (non-hydrogen) atoms. The number of piperazine rings is 1. The third kappa shape index (κ3) is 4.51. The number of rotatable bonds is 3. The summed E-state index contributed by atoms with van der Waals surface area (Å²) in [6.45, 7) is 5.52. The first kappa shape index (κ1) is 19.9. The largest absolute Gasteiger partial charge is 0.339 e. The maximum atomic E-state index is 12.6. The van der Waals surface area contributed by atoms with Gasteiger partial charge in [-0.05, 0) is 48.9 Å². The van der Waals surface area contributed by atoms with E-state index in [1.54, 1.807) is 46.2 Å². The second-order valence-corrected chi connectivity index (χ2v) is 7.23. The fraction of sp³-hybridized carbons (Fsp3) is 0.286. The molecule has 0 atom stereocenters. The minimum atomic E-state index is -0.264. The third-order valence-corrected chi connectivity index (χ3v) is 5.09. The van der Waals surface area contributed by atoms with Crippen LogP contribution in [-0.2, 0) is 4.79 Å². The van der Waals surface area contributed by atoms with Crippen molar-refractivity contribution < 1.29 is 14.4 Å². The first-order valence-electron chi connectivity index (χ1n) is 9.07.